The predicted molar refractivity (Wildman–Crippen MR) is 114 cm³/mol. The Labute approximate surface area is 175 Å². The highest BCUT2D eigenvalue weighted by atomic mass is 16.6. The molecule has 0 fully saturated rings. The molecule has 0 N–H and O–H groups in total. The summed E-state index contributed by atoms with van der Waals surface area (Å²) in [5.74, 6) is -0.566. The molecule has 0 unspecified atom stereocenters. The average molecular weight is 404 g/mol. The molecule has 3 rings (SSSR count). The smallest absolute Gasteiger partial charge is 0.306 e. The van der Waals surface area contributed by atoms with Gasteiger partial charge in [0, 0.05) is 43.2 Å². The van der Waals surface area contributed by atoms with Gasteiger partial charge in [-0.1, -0.05) is 12.1 Å². The number of imidazole rings is 1. The van der Waals surface area contributed by atoms with Gasteiger partial charge in [-0.2, -0.15) is 5.26 Å². The molecule has 0 aliphatic rings. The molecular weight excluding hydrogens is 380 g/mol. The quantitative estimate of drug-likeness (QED) is 0.601. The van der Waals surface area contributed by atoms with Crippen LogP contribution in [0.2, 0.25) is 0 Å². The highest BCUT2D eigenvalue weighted by Crippen LogP contribution is 2.23. The molecule has 0 aliphatic carbocycles. The van der Waals surface area contributed by atoms with E-state index in [1.807, 2.05) is 41.1 Å². The van der Waals surface area contributed by atoms with Crippen molar-refractivity contribution in [3.8, 4) is 17.3 Å². The summed E-state index contributed by atoms with van der Waals surface area (Å²) in [5.41, 5.74) is 3.09. The van der Waals surface area contributed by atoms with Crippen LogP contribution in [-0.4, -0.2) is 33.9 Å². The van der Waals surface area contributed by atoms with Crippen molar-refractivity contribution in [2.45, 2.75) is 39.2 Å². The maximum atomic E-state index is 12.5. The van der Waals surface area contributed by atoms with Gasteiger partial charge in [-0.15, -0.1) is 0 Å². The first-order valence-electron chi connectivity index (χ1n) is 9.64. The zero-order valence-corrected chi connectivity index (χ0v) is 17.5. The summed E-state index contributed by atoms with van der Waals surface area (Å²) >= 11 is 0. The normalized spacial score (nSPS) is 11.2. The highest BCUT2D eigenvalue weighted by Gasteiger charge is 2.19. The van der Waals surface area contributed by atoms with Crippen LogP contribution >= 0.6 is 0 Å². The summed E-state index contributed by atoms with van der Waals surface area (Å²) < 4.78 is 7.12. The molecule has 0 saturated heterocycles. The number of carbonyl (C=O) groups is 2. The van der Waals surface area contributed by atoms with E-state index in [0.29, 0.717) is 16.9 Å². The first-order chi connectivity index (χ1) is 14.2. The number of amides is 1. The highest BCUT2D eigenvalue weighted by molar-refractivity contribution is 5.94. The van der Waals surface area contributed by atoms with Crippen LogP contribution in [0.3, 0.4) is 0 Å². The number of carbonyl (C=O) groups excluding carboxylic acids is 2. The van der Waals surface area contributed by atoms with Crippen molar-refractivity contribution < 1.29 is 14.3 Å². The third-order valence-electron chi connectivity index (χ3n) is 4.48. The van der Waals surface area contributed by atoms with E-state index in [-0.39, 0.29) is 24.7 Å². The Hall–Kier alpha value is -3.66. The summed E-state index contributed by atoms with van der Waals surface area (Å²) in [7, 11) is 1.67. The number of nitriles is 1. The number of nitrogens with zero attached hydrogens (tertiary/aromatic N) is 4. The van der Waals surface area contributed by atoms with Gasteiger partial charge in [-0.25, -0.2) is 4.98 Å². The van der Waals surface area contributed by atoms with Crippen molar-refractivity contribution in [1.29, 1.82) is 5.26 Å². The Morgan fingerprint density at radius 3 is 2.50 bits per heavy atom. The van der Waals surface area contributed by atoms with Gasteiger partial charge >= 0.3 is 5.97 Å². The molecule has 7 heteroatoms. The van der Waals surface area contributed by atoms with Crippen molar-refractivity contribution in [1.82, 2.24) is 9.38 Å². The Morgan fingerprint density at radius 1 is 1.17 bits per heavy atom. The number of aromatic nitrogens is 2. The van der Waals surface area contributed by atoms with Crippen LogP contribution in [0.1, 0.15) is 39.2 Å². The van der Waals surface area contributed by atoms with Crippen LogP contribution in [-0.2, 0) is 14.3 Å². The molecule has 0 aliphatic heterocycles. The summed E-state index contributed by atoms with van der Waals surface area (Å²) in [6.07, 6.45) is 3.84. The molecular formula is C23H24N4O3. The minimum absolute atomic E-state index is 0.0366. The van der Waals surface area contributed by atoms with Gasteiger partial charge in [0.1, 0.15) is 11.2 Å². The van der Waals surface area contributed by atoms with E-state index in [2.05, 4.69) is 11.1 Å². The summed E-state index contributed by atoms with van der Waals surface area (Å²) in [6, 6.07) is 13.0. The van der Waals surface area contributed by atoms with Gasteiger partial charge in [0.25, 0.3) is 0 Å². The Bertz CT molecular complexity index is 1120. The minimum Gasteiger partial charge on any atom is -0.460 e. The summed E-state index contributed by atoms with van der Waals surface area (Å²) in [5, 5.41) is 8.93. The molecule has 2 aromatic heterocycles. The van der Waals surface area contributed by atoms with Gasteiger partial charge in [-0.3, -0.25) is 9.59 Å². The van der Waals surface area contributed by atoms with Gasteiger partial charge in [0.05, 0.1) is 23.7 Å². The fourth-order valence-electron chi connectivity index (χ4n) is 2.95. The average Bonchev–Trinajstić information content (AvgIpc) is 3.13. The molecule has 1 aromatic carbocycles. The molecule has 154 valence electrons. The van der Waals surface area contributed by atoms with E-state index in [1.54, 1.807) is 40.0 Å². The van der Waals surface area contributed by atoms with E-state index in [9.17, 15) is 9.59 Å². The molecule has 3 aromatic rings. The second kappa shape index (κ2) is 8.37. The van der Waals surface area contributed by atoms with E-state index < -0.39 is 5.60 Å². The number of benzene rings is 1. The fourth-order valence-corrected chi connectivity index (χ4v) is 2.95. The van der Waals surface area contributed by atoms with Gasteiger partial charge in [0.15, 0.2) is 0 Å². The number of ether oxygens (including phenoxy) is 1. The van der Waals surface area contributed by atoms with Gasteiger partial charge in [0.2, 0.25) is 5.91 Å². The van der Waals surface area contributed by atoms with E-state index in [1.165, 1.54) is 4.90 Å². The monoisotopic (exact) mass is 404 g/mol. The van der Waals surface area contributed by atoms with E-state index in [4.69, 9.17) is 10.00 Å². The lowest BCUT2D eigenvalue weighted by Gasteiger charge is -2.20. The second-order valence-electron chi connectivity index (χ2n) is 8.00. The second-order valence-corrected chi connectivity index (χ2v) is 8.00. The van der Waals surface area contributed by atoms with Crippen molar-refractivity contribution in [3.63, 3.8) is 0 Å². The molecule has 0 radical (unpaired) electrons. The number of anilines is 1. The summed E-state index contributed by atoms with van der Waals surface area (Å²) in [4.78, 5) is 30.5. The van der Waals surface area contributed by atoms with Crippen LogP contribution in [0, 0.1) is 11.3 Å². The molecule has 0 bridgehead atoms. The Morgan fingerprint density at radius 2 is 1.87 bits per heavy atom. The Kier molecular flexibility index (Phi) is 5.88. The summed E-state index contributed by atoms with van der Waals surface area (Å²) in [6.45, 7) is 5.39. The molecule has 1 amide bonds. The molecule has 0 atom stereocenters. The van der Waals surface area contributed by atoms with Crippen molar-refractivity contribution in [2.75, 3.05) is 11.9 Å². The molecule has 0 spiro atoms. The van der Waals surface area contributed by atoms with Gasteiger partial charge < -0.3 is 14.0 Å². The minimum atomic E-state index is -0.565. The lowest BCUT2D eigenvalue weighted by molar-refractivity contribution is -0.155. The number of fused-ring (bicyclic) bond motifs is 1. The Balaban J connectivity index is 1.72. The first kappa shape index (κ1) is 21.1. The van der Waals surface area contributed by atoms with Crippen LogP contribution in [0.15, 0.2) is 48.8 Å². The standard InChI is InChI=1S/C23H24N4O3/c1-23(2,3)30-22(29)10-9-21(28)26(4)18-11-12-27-15-19(25-20(27)13-18)17-7-5-16(14-24)6-8-17/h5-8,11-13,15H,9-10H2,1-4H3. The van der Waals surface area contributed by atoms with Crippen molar-refractivity contribution in [3.05, 3.63) is 54.4 Å². The molecule has 2 heterocycles. The molecule has 30 heavy (non-hydrogen) atoms. The van der Waals surface area contributed by atoms with Gasteiger partial charge in [-0.05, 0) is 39.0 Å². The van der Waals surface area contributed by atoms with Crippen LogP contribution < -0.4 is 4.90 Å². The number of hydrogen-bond donors (Lipinski definition) is 0. The predicted octanol–water partition coefficient (Wildman–Crippen LogP) is 3.96. The maximum Gasteiger partial charge on any atom is 0.306 e. The lowest BCUT2D eigenvalue weighted by Crippen LogP contribution is -2.28. The lowest BCUT2D eigenvalue weighted by atomic mass is 10.1. The van der Waals surface area contributed by atoms with Crippen LogP contribution in [0.5, 0.6) is 0 Å². The SMILES string of the molecule is CN(C(=O)CCC(=O)OC(C)(C)C)c1ccn2cc(-c3ccc(C#N)cc3)nc2c1. The van der Waals surface area contributed by atoms with Crippen LogP contribution in [0.4, 0.5) is 5.69 Å². The van der Waals surface area contributed by atoms with E-state index in [0.717, 1.165) is 11.3 Å². The van der Waals surface area contributed by atoms with Crippen molar-refractivity contribution >= 4 is 23.2 Å². The van der Waals surface area contributed by atoms with Crippen molar-refractivity contribution in [2.24, 2.45) is 0 Å². The third-order valence-corrected chi connectivity index (χ3v) is 4.48. The first-order valence-corrected chi connectivity index (χ1v) is 9.64. The maximum absolute atomic E-state index is 12.5. The van der Waals surface area contributed by atoms with Crippen LogP contribution in [0.25, 0.3) is 16.9 Å². The third kappa shape index (κ3) is 5.03. The topological polar surface area (TPSA) is 87.7 Å². The zero-order chi connectivity index (χ0) is 21.9. The number of pyridine rings is 1. The molecule has 7 nitrogen and oxygen atoms in total. The number of esters is 1. The number of hydrogen-bond acceptors (Lipinski definition) is 5. The zero-order valence-electron chi connectivity index (χ0n) is 17.5. The molecule has 0 saturated carbocycles. The number of rotatable bonds is 5. The largest absolute Gasteiger partial charge is 0.460 e. The van der Waals surface area contributed by atoms with E-state index >= 15 is 0 Å². The fraction of sp³-hybridized carbons (Fsp3) is 0.304.